The molecule has 2 aliphatic rings. The zero-order chi connectivity index (χ0) is 20.2. The minimum absolute atomic E-state index is 0.233. The third-order valence-electron chi connectivity index (χ3n) is 6.02. The summed E-state index contributed by atoms with van der Waals surface area (Å²) in [6.07, 6.45) is 4.16. The molecule has 0 aliphatic carbocycles. The zero-order valence-electron chi connectivity index (χ0n) is 17.0. The van der Waals surface area contributed by atoms with Gasteiger partial charge in [0.25, 0.3) is 0 Å². The first-order chi connectivity index (χ1) is 14.2. The van der Waals surface area contributed by atoms with Crippen LogP contribution in [0.3, 0.4) is 0 Å². The largest absolute Gasteiger partial charge is 0.488 e. The maximum absolute atomic E-state index is 14.1. The van der Waals surface area contributed by atoms with Gasteiger partial charge in [-0.1, -0.05) is 36.8 Å². The average Bonchev–Trinajstić information content (AvgIpc) is 2.90. The second-order valence-electron chi connectivity index (χ2n) is 7.90. The van der Waals surface area contributed by atoms with Gasteiger partial charge in [-0.25, -0.2) is 4.39 Å². The Morgan fingerprint density at radius 2 is 1.90 bits per heavy atom. The number of hydrogen-bond donors (Lipinski definition) is 0. The van der Waals surface area contributed by atoms with Gasteiger partial charge < -0.3 is 9.64 Å². The van der Waals surface area contributed by atoms with Crippen LogP contribution in [0, 0.1) is 5.82 Å². The molecule has 0 spiro atoms. The molecule has 0 N–H and O–H groups in total. The number of Topliss-reactive ketones (excluding diaryl/α,β-unsaturated/α-hetero) is 1. The lowest BCUT2D eigenvalue weighted by Gasteiger charge is -2.30. The van der Waals surface area contributed by atoms with Crippen molar-refractivity contribution in [1.82, 2.24) is 4.90 Å². The van der Waals surface area contributed by atoms with E-state index in [1.54, 1.807) is 12.1 Å². The van der Waals surface area contributed by atoms with E-state index in [-0.39, 0.29) is 5.82 Å². The lowest BCUT2D eigenvalue weighted by molar-refractivity contribution is -0.118. The molecule has 0 amide bonds. The van der Waals surface area contributed by atoms with Crippen LogP contribution in [-0.2, 0) is 11.4 Å². The molecule has 3 nitrogen and oxygen atoms in total. The third kappa shape index (κ3) is 4.43. The zero-order valence-corrected chi connectivity index (χ0v) is 17.0. The molecule has 0 unspecified atom stereocenters. The van der Waals surface area contributed by atoms with Gasteiger partial charge in [0.1, 0.15) is 24.0 Å². The molecular formula is C25H28FNO2. The Morgan fingerprint density at radius 1 is 1.10 bits per heavy atom. The maximum Gasteiger partial charge on any atom is 0.132 e. The molecular weight excluding hydrogens is 365 g/mol. The van der Waals surface area contributed by atoms with Crippen LogP contribution in [0.15, 0.2) is 48.0 Å². The van der Waals surface area contributed by atoms with Crippen LogP contribution in [0.2, 0.25) is 0 Å². The van der Waals surface area contributed by atoms with Crippen molar-refractivity contribution in [3.63, 3.8) is 0 Å². The molecule has 2 aromatic rings. The predicted octanol–water partition coefficient (Wildman–Crippen LogP) is 5.38. The maximum atomic E-state index is 14.1. The second-order valence-corrected chi connectivity index (χ2v) is 7.90. The van der Waals surface area contributed by atoms with Crippen molar-refractivity contribution in [2.45, 2.75) is 45.6 Å². The van der Waals surface area contributed by atoms with Crippen LogP contribution in [0.25, 0.3) is 5.57 Å². The lowest BCUT2D eigenvalue weighted by atomic mass is 9.86. The number of hydrogen-bond acceptors (Lipinski definition) is 3. The summed E-state index contributed by atoms with van der Waals surface area (Å²) in [5.74, 6) is 0.868. The second kappa shape index (κ2) is 8.91. The first-order valence-electron chi connectivity index (χ1n) is 10.6. The molecule has 4 rings (SSSR count). The van der Waals surface area contributed by atoms with E-state index >= 15 is 0 Å². The highest BCUT2D eigenvalue weighted by atomic mass is 19.1. The number of ketones is 1. The summed E-state index contributed by atoms with van der Waals surface area (Å²) in [4.78, 5) is 14.0. The van der Waals surface area contributed by atoms with E-state index in [1.807, 2.05) is 19.1 Å². The van der Waals surface area contributed by atoms with E-state index in [0.717, 1.165) is 66.9 Å². The van der Waals surface area contributed by atoms with Crippen LogP contribution in [-0.4, -0.2) is 30.3 Å². The van der Waals surface area contributed by atoms with Gasteiger partial charge in [-0.3, -0.25) is 4.79 Å². The standard InChI is InChI=1S/C25H28FNO2/c1-2-21(28)7-5-13-27-14-11-18(12-15-27)25-22-8-4-3-6-19(22)17-29-24-10-9-20(26)16-23(24)25/h3-4,6,8-10,16H,2,5,7,11-15,17H2,1H3. The van der Waals surface area contributed by atoms with Crippen LogP contribution >= 0.6 is 0 Å². The van der Waals surface area contributed by atoms with E-state index in [9.17, 15) is 9.18 Å². The van der Waals surface area contributed by atoms with Crippen LogP contribution in [0.1, 0.15) is 55.7 Å². The minimum Gasteiger partial charge on any atom is -0.488 e. The number of fused-ring (bicyclic) bond motifs is 2. The molecule has 1 saturated heterocycles. The number of carbonyl (C=O) groups is 1. The monoisotopic (exact) mass is 393 g/mol. The van der Waals surface area contributed by atoms with Crippen molar-refractivity contribution in [2.24, 2.45) is 0 Å². The molecule has 2 aliphatic heterocycles. The van der Waals surface area contributed by atoms with Crippen LogP contribution < -0.4 is 4.74 Å². The van der Waals surface area contributed by atoms with Gasteiger partial charge >= 0.3 is 0 Å². The Hall–Kier alpha value is -2.46. The highest BCUT2D eigenvalue weighted by Gasteiger charge is 2.25. The van der Waals surface area contributed by atoms with Gasteiger partial charge in [-0.15, -0.1) is 0 Å². The van der Waals surface area contributed by atoms with Gasteiger partial charge in [-0.05, 0) is 60.7 Å². The van der Waals surface area contributed by atoms with Crippen molar-refractivity contribution in [3.8, 4) is 5.75 Å². The summed E-state index contributed by atoms with van der Waals surface area (Å²) in [5.41, 5.74) is 5.69. The normalized spacial score (nSPS) is 16.6. The topological polar surface area (TPSA) is 29.5 Å². The molecule has 0 bridgehead atoms. The number of rotatable bonds is 5. The van der Waals surface area contributed by atoms with Gasteiger partial charge in [0, 0.05) is 31.5 Å². The van der Waals surface area contributed by atoms with E-state index in [4.69, 9.17) is 4.74 Å². The number of halogens is 1. The number of likely N-dealkylation sites (tertiary alicyclic amines) is 1. The van der Waals surface area contributed by atoms with Crippen molar-refractivity contribution in [2.75, 3.05) is 19.6 Å². The number of ether oxygens (including phenoxy) is 1. The smallest absolute Gasteiger partial charge is 0.132 e. The molecule has 0 saturated carbocycles. The summed E-state index contributed by atoms with van der Waals surface area (Å²) in [7, 11) is 0. The van der Waals surface area contributed by atoms with Crippen molar-refractivity contribution in [1.29, 1.82) is 0 Å². The van der Waals surface area contributed by atoms with Crippen LogP contribution in [0.5, 0.6) is 5.75 Å². The van der Waals surface area contributed by atoms with E-state index < -0.39 is 0 Å². The Labute approximate surface area is 172 Å². The van der Waals surface area contributed by atoms with E-state index in [1.165, 1.54) is 11.6 Å². The fraction of sp³-hybridized carbons (Fsp3) is 0.400. The average molecular weight is 394 g/mol. The summed E-state index contributed by atoms with van der Waals surface area (Å²) < 4.78 is 20.1. The Kier molecular flexibility index (Phi) is 6.10. The summed E-state index contributed by atoms with van der Waals surface area (Å²) >= 11 is 0. The molecule has 2 aromatic carbocycles. The number of piperidine rings is 1. The predicted molar refractivity (Wildman–Crippen MR) is 113 cm³/mol. The Morgan fingerprint density at radius 3 is 2.69 bits per heavy atom. The highest BCUT2D eigenvalue weighted by molar-refractivity contribution is 5.87. The minimum atomic E-state index is -0.233. The van der Waals surface area contributed by atoms with Crippen molar-refractivity contribution in [3.05, 3.63) is 70.5 Å². The van der Waals surface area contributed by atoms with Crippen molar-refractivity contribution < 1.29 is 13.9 Å². The van der Waals surface area contributed by atoms with Gasteiger partial charge in [-0.2, -0.15) is 0 Å². The van der Waals surface area contributed by atoms with E-state index in [2.05, 4.69) is 17.0 Å². The fourth-order valence-corrected chi connectivity index (χ4v) is 4.37. The van der Waals surface area contributed by atoms with Gasteiger partial charge in [0.2, 0.25) is 0 Å². The van der Waals surface area contributed by atoms with Gasteiger partial charge in [0.05, 0.1) is 0 Å². The summed E-state index contributed by atoms with van der Waals surface area (Å²) in [5, 5.41) is 0. The molecule has 4 heteroatoms. The molecule has 1 fully saturated rings. The molecule has 2 heterocycles. The molecule has 29 heavy (non-hydrogen) atoms. The Bertz CT molecular complexity index is 924. The number of carbonyl (C=O) groups excluding carboxylic acids is 1. The third-order valence-corrected chi connectivity index (χ3v) is 6.02. The molecule has 0 aromatic heterocycles. The molecule has 0 atom stereocenters. The lowest BCUT2D eigenvalue weighted by Crippen LogP contribution is -2.32. The first-order valence-corrected chi connectivity index (χ1v) is 10.6. The highest BCUT2D eigenvalue weighted by Crippen LogP contribution is 2.41. The van der Waals surface area contributed by atoms with Gasteiger partial charge in [0.15, 0.2) is 0 Å². The van der Waals surface area contributed by atoms with Crippen LogP contribution in [0.4, 0.5) is 4.39 Å². The van der Waals surface area contributed by atoms with E-state index in [0.29, 0.717) is 25.2 Å². The number of benzene rings is 2. The summed E-state index contributed by atoms with van der Waals surface area (Å²) in [6.45, 7) is 5.36. The first kappa shape index (κ1) is 19.8. The fourth-order valence-electron chi connectivity index (χ4n) is 4.37. The summed E-state index contributed by atoms with van der Waals surface area (Å²) in [6, 6.07) is 13.1. The SMILES string of the molecule is CCC(=O)CCCN1CCC(=C2c3ccccc3COc3ccc(F)cc32)CC1. The number of nitrogens with zero attached hydrogens (tertiary/aromatic N) is 1. The molecule has 0 radical (unpaired) electrons. The van der Waals surface area contributed by atoms with Crippen molar-refractivity contribution >= 4 is 11.4 Å². The molecule has 152 valence electrons. The quantitative estimate of drug-likeness (QED) is 0.683. The Balaban J connectivity index is 1.60.